The van der Waals surface area contributed by atoms with Gasteiger partial charge in [0, 0.05) is 46.7 Å². The van der Waals surface area contributed by atoms with E-state index >= 15 is 0 Å². The molecule has 2 aromatic heterocycles. The van der Waals surface area contributed by atoms with Gasteiger partial charge >= 0.3 is 0 Å². The van der Waals surface area contributed by atoms with Crippen molar-refractivity contribution in [3.8, 4) is 0 Å². The number of amides is 1. The van der Waals surface area contributed by atoms with Crippen molar-refractivity contribution in [3.05, 3.63) is 58.1 Å². The molecule has 4 heterocycles. The van der Waals surface area contributed by atoms with Gasteiger partial charge in [-0.15, -0.1) is 0 Å². The number of furan rings is 1. The van der Waals surface area contributed by atoms with Crippen LogP contribution in [0.2, 0.25) is 5.02 Å². The number of carbonyl (C=O) groups excluding carboxylic acids is 1. The fraction of sp³-hybridized carbons (Fsp3) is 0.350. The summed E-state index contributed by atoms with van der Waals surface area (Å²) in [5.74, 6) is 1.86. The van der Waals surface area contributed by atoms with E-state index in [2.05, 4.69) is 15.8 Å². The molecule has 1 aromatic carbocycles. The maximum absolute atomic E-state index is 13.1. The number of aromatic nitrogens is 1. The van der Waals surface area contributed by atoms with E-state index < -0.39 is 0 Å². The van der Waals surface area contributed by atoms with Crippen LogP contribution in [-0.2, 0) is 17.8 Å². The molecule has 0 aliphatic carbocycles. The first-order valence-corrected chi connectivity index (χ1v) is 9.61. The normalized spacial score (nSPS) is 22.4. The highest BCUT2D eigenvalue weighted by atomic mass is 35.5. The summed E-state index contributed by atoms with van der Waals surface area (Å²) in [6.45, 7) is 3.25. The fourth-order valence-corrected chi connectivity index (χ4v) is 4.31. The number of hydrogen-bond acceptors (Lipinski definition) is 4. The predicted molar refractivity (Wildman–Crippen MR) is 103 cm³/mol. The van der Waals surface area contributed by atoms with Crippen LogP contribution in [0, 0.1) is 6.92 Å². The first-order valence-electron chi connectivity index (χ1n) is 9.23. The fourth-order valence-electron chi connectivity index (χ4n) is 4.14. The second kappa shape index (κ2) is 6.41. The average molecular weight is 385 g/mol. The Labute approximate surface area is 161 Å². The van der Waals surface area contributed by atoms with E-state index in [4.69, 9.17) is 16.0 Å². The van der Waals surface area contributed by atoms with Gasteiger partial charge < -0.3 is 14.3 Å². The molecule has 7 heteroatoms. The topological polar surface area (TPSA) is 73.3 Å². The third-order valence-corrected chi connectivity index (χ3v) is 5.79. The van der Waals surface area contributed by atoms with Crippen molar-refractivity contribution >= 4 is 28.4 Å². The summed E-state index contributed by atoms with van der Waals surface area (Å²) < 4.78 is 5.69. The van der Waals surface area contributed by atoms with E-state index in [1.165, 1.54) is 11.3 Å². The number of halogens is 1. The van der Waals surface area contributed by atoms with Gasteiger partial charge in [-0.25, -0.2) is 10.9 Å². The Balaban J connectivity index is 1.33. The molecule has 1 saturated heterocycles. The number of H-pyrrole nitrogens is 1. The molecule has 2 aliphatic rings. The highest BCUT2D eigenvalue weighted by Crippen LogP contribution is 2.31. The van der Waals surface area contributed by atoms with E-state index in [-0.39, 0.29) is 18.0 Å². The van der Waals surface area contributed by atoms with Gasteiger partial charge in [0.2, 0.25) is 5.91 Å². The summed E-state index contributed by atoms with van der Waals surface area (Å²) in [6.07, 6.45) is 1.50. The molecule has 2 aliphatic heterocycles. The minimum atomic E-state index is -0.254. The largest absolute Gasteiger partial charge is 0.465 e. The zero-order valence-electron chi connectivity index (χ0n) is 15.0. The van der Waals surface area contributed by atoms with Gasteiger partial charge in [-0.3, -0.25) is 4.79 Å². The van der Waals surface area contributed by atoms with Crippen LogP contribution >= 0.6 is 11.6 Å². The van der Waals surface area contributed by atoms with E-state index in [1.807, 2.05) is 42.2 Å². The van der Waals surface area contributed by atoms with E-state index in [9.17, 15) is 4.79 Å². The van der Waals surface area contributed by atoms with Crippen LogP contribution in [0.25, 0.3) is 10.9 Å². The molecule has 27 heavy (non-hydrogen) atoms. The van der Waals surface area contributed by atoms with Gasteiger partial charge in [-0.1, -0.05) is 11.6 Å². The molecular weight excluding hydrogens is 364 g/mol. The first kappa shape index (κ1) is 16.9. The summed E-state index contributed by atoms with van der Waals surface area (Å²) in [4.78, 5) is 18.5. The van der Waals surface area contributed by atoms with E-state index in [0.29, 0.717) is 18.0 Å². The van der Waals surface area contributed by atoms with Crippen LogP contribution in [0.5, 0.6) is 0 Å². The van der Waals surface area contributed by atoms with Crippen molar-refractivity contribution < 1.29 is 9.21 Å². The monoisotopic (exact) mass is 384 g/mol. The second-order valence-electron chi connectivity index (χ2n) is 7.36. The molecule has 0 radical (unpaired) electrons. The minimum absolute atomic E-state index is 0.0138. The van der Waals surface area contributed by atoms with Crippen LogP contribution in [0.15, 0.2) is 34.7 Å². The average Bonchev–Trinajstić information content (AvgIpc) is 3.38. The number of nitrogens with one attached hydrogen (secondary N) is 3. The molecule has 1 fully saturated rings. The van der Waals surface area contributed by atoms with Crippen molar-refractivity contribution in [2.75, 3.05) is 6.54 Å². The number of aryl methyl sites for hydroxylation is 1. The lowest BCUT2D eigenvalue weighted by Gasteiger charge is -2.29. The highest BCUT2D eigenvalue weighted by Gasteiger charge is 2.35. The summed E-state index contributed by atoms with van der Waals surface area (Å²) >= 11 is 6.18. The Morgan fingerprint density at radius 1 is 1.26 bits per heavy atom. The van der Waals surface area contributed by atoms with E-state index in [1.54, 1.807) is 0 Å². The summed E-state index contributed by atoms with van der Waals surface area (Å²) in [5, 5.41) is 1.82. The zero-order chi connectivity index (χ0) is 18.5. The van der Waals surface area contributed by atoms with Crippen molar-refractivity contribution in [1.29, 1.82) is 0 Å². The maximum atomic E-state index is 13.1. The second-order valence-corrected chi connectivity index (χ2v) is 7.80. The molecule has 0 saturated carbocycles. The van der Waals surface area contributed by atoms with E-state index in [0.717, 1.165) is 35.4 Å². The van der Waals surface area contributed by atoms with Crippen LogP contribution in [0.3, 0.4) is 0 Å². The molecule has 0 bridgehead atoms. The van der Waals surface area contributed by atoms with Gasteiger partial charge in [-0.05, 0) is 43.7 Å². The van der Waals surface area contributed by atoms with Crippen LogP contribution < -0.4 is 10.9 Å². The number of nitrogens with zero attached hydrogens (tertiary/aromatic N) is 1. The quantitative estimate of drug-likeness (QED) is 0.634. The van der Waals surface area contributed by atoms with Gasteiger partial charge in [0.05, 0.1) is 6.04 Å². The number of fused-ring (bicyclic) bond motifs is 3. The molecule has 6 nitrogen and oxygen atoms in total. The van der Waals surface area contributed by atoms with Gasteiger partial charge in [0.1, 0.15) is 17.6 Å². The number of carbonyl (C=O) groups is 1. The Bertz CT molecular complexity index is 1020. The molecule has 2 atom stereocenters. The van der Waals surface area contributed by atoms with Crippen molar-refractivity contribution in [1.82, 2.24) is 20.7 Å². The first-order chi connectivity index (χ1) is 13.1. The van der Waals surface area contributed by atoms with Gasteiger partial charge in [0.25, 0.3) is 0 Å². The lowest BCUT2D eigenvalue weighted by Crippen LogP contribution is -2.47. The van der Waals surface area contributed by atoms with Crippen molar-refractivity contribution in [2.45, 2.75) is 38.4 Å². The zero-order valence-corrected chi connectivity index (χ0v) is 15.8. The van der Waals surface area contributed by atoms with Crippen LogP contribution in [-0.4, -0.2) is 28.4 Å². The predicted octanol–water partition coefficient (Wildman–Crippen LogP) is 3.22. The molecule has 5 rings (SSSR count). The molecule has 0 spiro atoms. The highest BCUT2D eigenvalue weighted by molar-refractivity contribution is 6.31. The maximum Gasteiger partial charge on any atom is 0.241 e. The third kappa shape index (κ3) is 2.94. The van der Waals surface area contributed by atoms with Crippen LogP contribution in [0.4, 0.5) is 0 Å². The summed E-state index contributed by atoms with van der Waals surface area (Å²) in [6, 6.07) is 9.53. The number of benzene rings is 1. The van der Waals surface area contributed by atoms with Gasteiger partial charge in [0.15, 0.2) is 0 Å². The molecule has 1 amide bonds. The SMILES string of the molecule is Cc1ccc(C2CC(C(=O)N3CCc4[nH]c5ccc(Cl)cc5c4C3)NN2)o1. The lowest BCUT2D eigenvalue weighted by molar-refractivity contribution is -0.134. The summed E-state index contributed by atoms with van der Waals surface area (Å²) in [5.41, 5.74) is 9.80. The Morgan fingerprint density at radius 3 is 2.96 bits per heavy atom. The molecular formula is C20H21ClN4O2. The number of hydrogen-bond donors (Lipinski definition) is 3. The Hall–Kier alpha value is -2.28. The Morgan fingerprint density at radius 2 is 2.15 bits per heavy atom. The van der Waals surface area contributed by atoms with Crippen molar-refractivity contribution in [2.24, 2.45) is 0 Å². The number of aromatic amines is 1. The number of hydrazine groups is 1. The smallest absolute Gasteiger partial charge is 0.241 e. The number of rotatable bonds is 2. The van der Waals surface area contributed by atoms with Crippen molar-refractivity contribution in [3.63, 3.8) is 0 Å². The Kier molecular flexibility index (Phi) is 4.00. The lowest BCUT2D eigenvalue weighted by atomic mass is 10.0. The summed E-state index contributed by atoms with van der Waals surface area (Å²) in [7, 11) is 0. The minimum Gasteiger partial charge on any atom is -0.465 e. The molecule has 140 valence electrons. The molecule has 3 N–H and O–H groups in total. The standard InChI is InChI=1S/C20H21ClN4O2/c1-11-2-5-19(27-11)17-9-18(24-23-17)20(26)25-7-6-16-14(10-25)13-8-12(21)3-4-15(13)22-16/h2-5,8,17-18,22-24H,6-7,9-10H2,1H3. The third-order valence-electron chi connectivity index (χ3n) is 5.55. The van der Waals surface area contributed by atoms with Crippen LogP contribution in [0.1, 0.15) is 35.2 Å². The molecule has 3 aromatic rings. The molecule has 2 unspecified atom stereocenters. The van der Waals surface area contributed by atoms with Gasteiger partial charge in [-0.2, -0.15) is 0 Å².